The molecule has 5 nitrogen and oxygen atoms in total. The maximum absolute atomic E-state index is 11.5. The number of rotatable bonds is 3. The Hall–Kier alpha value is -2.22. The smallest absolute Gasteiger partial charge is 0.339 e. The van der Waals surface area contributed by atoms with E-state index in [-0.39, 0.29) is 5.56 Å². The minimum atomic E-state index is -0.792. The van der Waals surface area contributed by atoms with E-state index in [1.807, 2.05) is 0 Å². The molecule has 0 radical (unpaired) electrons. The number of methoxy groups -OCH3 is 1. The van der Waals surface area contributed by atoms with Crippen LogP contribution in [0.15, 0.2) is 18.2 Å². The number of anilines is 1. The van der Waals surface area contributed by atoms with Crippen LogP contribution in [0, 0.1) is 11.3 Å². The fourth-order valence-electron chi connectivity index (χ4n) is 1.11. The maximum atomic E-state index is 11.5. The van der Waals surface area contributed by atoms with Crippen LogP contribution in [0.2, 0.25) is 0 Å². The highest BCUT2D eigenvalue weighted by molar-refractivity contribution is 5.91. The third kappa shape index (κ3) is 2.89. The van der Waals surface area contributed by atoms with Crippen LogP contribution >= 0.6 is 0 Å². The molecule has 1 aromatic rings. The Labute approximate surface area is 93.4 Å². The number of ether oxygens (including phenoxy) is 2. The summed E-state index contributed by atoms with van der Waals surface area (Å²) in [5, 5.41) is 8.51. The number of nitrogens with zero attached hydrogens (tertiary/aromatic N) is 1. The molecular weight excluding hydrogens is 208 g/mol. The van der Waals surface area contributed by atoms with E-state index in [0.29, 0.717) is 11.4 Å². The van der Waals surface area contributed by atoms with E-state index >= 15 is 0 Å². The van der Waals surface area contributed by atoms with Crippen molar-refractivity contribution in [3.8, 4) is 11.8 Å². The lowest BCUT2D eigenvalue weighted by Gasteiger charge is -2.08. The van der Waals surface area contributed by atoms with Crippen molar-refractivity contribution in [1.29, 1.82) is 5.26 Å². The van der Waals surface area contributed by atoms with E-state index in [9.17, 15) is 4.79 Å². The van der Waals surface area contributed by atoms with Crippen molar-refractivity contribution in [3.63, 3.8) is 0 Å². The molecule has 0 aliphatic heterocycles. The number of hydrogen-bond donors (Lipinski definition) is 1. The molecule has 0 bridgehead atoms. The Morgan fingerprint density at radius 3 is 2.75 bits per heavy atom. The van der Waals surface area contributed by atoms with Crippen LogP contribution in [0.25, 0.3) is 0 Å². The van der Waals surface area contributed by atoms with Crippen LogP contribution in [0.1, 0.15) is 17.3 Å². The molecule has 16 heavy (non-hydrogen) atoms. The summed E-state index contributed by atoms with van der Waals surface area (Å²) >= 11 is 0. The monoisotopic (exact) mass is 220 g/mol. The molecule has 0 heterocycles. The van der Waals surface area contributed by atoms with Crippen LogP contribution in [-0.4, -0.2) is 19.2 Å². The van der Waals surface area contributed by atoms with Gasteiger partial charge in [0.1, 0.15) is 11.8 Å². The zero-order valence-electron chi connectivity index (χ0n) is 9.06. The summed E-state index contributed by atoms with van der Waals surface area (Å²) in [7, 11) is 1.47. The third-order valence-corrected chi connectivity index (χ3v) is 1.87. The van der Waals surface area contributed by atoms with Gasteiger partial charge in [-0.3, -0.25) is 0 Å². The first-order valence-electron chi connectivity index (χ1n) is 4.62. The lowest BCUT2D eigenvalue weighted by atomic mass is 10.2. The predicted octanol–water partition coefficient (Wildman–Crippen LogP) is 1.35. The van der Waals surface area contributed by atoms with E-state index < -0.39 is 12.1 Å². The number of carbonyl (C=O) groups excluding carboxylic acids is 1. The van der Waals surface area contributed by atoms with Crippen molar-refractivity contribution in [1.82, 2.24) is 0 Å². The second kappa shape index (κ2) is 5.03. The minimum absolute atomic E-state index is 0.263. The molecule has 1 unspecified atom stereocenters. The summed E-state index contributed by atoms with van der Waals surface area (Å²) in [5.41, 5.74) is 6.25. The minimum Gasteiger partial charge on any atom is -0.497 e. The fraction of sp³-hybridized carbons (Fsp3) is 0.273. The quantitative estimate of drug-likeness (QED) is 0.613. The Balaban J connectivity index is 2.91. The number of nitrogen functional groups attached to an aromatic ring is 1. The molecule has 2 N–H and O–H groups in total. The molecule has 1 aromatic carbocycles. The molecule has 84 valence electrons. The van der Waals surface area contributed by atoms with Gasteiger partial charge in [-0.05, 0) is 19.1 Å². The molecule has 0 aliphatic carbocycles. The Morgan fingerprint density at radius 1 is 1.50 bits per heavy atom. The number of carbonyl (C=O) groups is 1. The number of esters is 1. The first-order chi connectivity index (χ1) is 7.56. The van der Waals surface area contributed by atoms with Gasteiger partial charge < -0.3 is 15.2 Å². The highest BCUT2D eigenvalue weighted by Gasteiger charge is 2.12. The van der Waals surface area contributed by atoms with Gasteiger partial charge in [-0.15, -0.1) is 0 Å². The van der Waals surface area contributed by atoms with Crippen molar-refractivity contribution in [3.05, 3.63) is 23.8 Å². The second-order valence-corrected chi connectivity index (χ2v) is 3.17. The van der Waals surface area contributed by atoms with Crippen LogP contribution in [0.3, 0.4) is 0 Å². The van der Waals surface area contributed by atoms with Crippen LogP contribution < -0.4 is 10.5 Å². The molecule has 0 aliphatic rings. The van der Waals surface area contributed by atoms with Crippen molar-refractivity contribution in [2.24, 2.45) is 0 Å². The Kier molecular flexibility index (Phi) is 3.72. The van der Waals surface area contributed by atoms with Gasteiger partial charge in [0, 0.05) is 11.8 Å². The normalized spacial score (nSPS) is 11.3. The SMILES string of the molecule is COc1cc(N)cc(C(=O)OC(C)C#N)c1. The molecule has 1 atom stereocenters. The van der Waals surface area contributed by atoms with Crippen LogP contribution in [-0.2, 0) is 4.74 Å². The first kappa shape index (κ1) is 11.9. The summed E-state index contributed by atoms with van der Waals surface area (Å²) in [6.45, 7) is 1.49. The van der Waals surface area contributed by atoms with Gasteiger partial charge in [0.15, 0.2) is 6.10 Å². The standard InChI is InChI=1S/C11H12N2O3/c1-7(6-12)16-11(14)8-3-9(13)5-10(4-8)15-2/h3-5,7H,13H2,1-2H3. The molecule has 0 saturated carbocycles. The van der Waals surface area contributed by atoms with Gasteiger partial charge >= 0.3 is 5.97 Å². The molecule has 5 heteroatoms. The first-order valence-corrected chi connectivity index (χ1v) is 4.62. The molecule has 0 spiro atoms. The van der Waals surface area contributed by atoms with Gasteiger partial charge in [-0.2, -0.15) is 5.26 Å². The highest BCUT2D eigenvalue weighted by Crippen LogP contribution is 2.19. The maximum Gasteiger partial charge on any atom is 0.339 e. The largest absolute Gasteiger partial charge is 0.497 e. The van der Waals surface area contributed by atoms with Crippen LogP contribution in [0.5, 0.6) is 5.75 Å². The summed E-state index contributed by atoms with van der Waals surface area (Å²) in [6, 6.07) is 6.36. The average Bonchev–Trinajstić information content (AvgIpc) is 2.27. The number of hydrogen-bond acceptors (Lipinski definition) is 5. The molecule has 0 fully saturated rings. The average molecular weight is 220 g/mol. The lowest BCUT2D eigenvalue weighted by Crippen LogP contribution is -2.13. The zero-order valence-corrected chi connectivity index (χ0v) is 9.06. The van der Waals surface area contributed by atoms with Crippen molar-refractivity contribution in [2.45, 2.75) is 13.0 Å². The van der Waals surface area contributed by atoms with Gasteiger partial charge in [0.25, 0.3) is 0 Å². The van der Waals surface area contributed by atoms with Gasteiger partial charge in [0.2, 0.25) is 0 Å². The number of nitriles is 1. The van der Waals surface area contributed by atoms with E-state index in [1.54, 1.807) is 12.1 Å². The molecule has 1 rings (SSSR count). The molecular formula is C11H12N2O3. The van der Waals surface area contributed by atoms with Crippen molar-refractivity contribution in [2.75, 3.05) is 12.8 Å². The summed E-state index contributed by atoms with van der Waals surface area (Å²) in [4.78, 5) is 11.5. The summed E-state index contributed by atoms with van der Waals surface area (Å²) in [6.07, 6.45) is -0.792. The third-order valence-electron chi connectivity index (χ3n) is 1.87. The Morgan fingerprint density at radius 2 is 2.19 bits per heavy atom. The van der Waals surface area contributed by atoms with Gasteiger partial charge in [-0.1, -0.05) is 0 Å². The van der Waals surface area contributed by atoms with E-state index in [4.69, 9.17) is 20.5 Å². The van der Waals surface area contributed by atoms with E-state index in [2.05, 4.69) is 0 Å². The molecule has 0 aromatic heterocycles. The van der Waals surface area contributed by atoms with Gasteiger partial charge in [0.05, 0.1) is 12.7 Å². The van der Waals surface area contributed by atoms with Crippen molar-refractivity contribution >= 4 is 11.7 Å². The number of benzene rings is 1. The summed E-state index contributed by atoms with van der Waals surface area (Å²) < 4.78 is 9.79. The van der Waals surface area contributed by atoms with E-state index in [1.165, 1.54) is 26.2 Å². The highest BCUT2D eigenvalue weighted by atomic mass is 16.5. The fourth-order valence-corrected chi connectivity index (χ4v) is 1.11. The zero-order chi connectivity index (χ0) is 12.1. The van der Waals surface area contributed by atoms with Gasteiger partial charge in [-0.25, -0.2) is 4.79 Å². The molecule has 0 saturated heterocycles. The number of nitrogens with two attached hydrogens (primary N) is 1. The summed E-state index contributed by atoms with van der Waals surface area (Å²) in [5.74, 6) is -0.129. The topological polar surface area (TPSA) is 85.3 Å². The van der Waals surface area contributed by atoms with Crippen LogP contribution in [0.4, 0.5) is 5.69 Å². The second-order valence-electron chi connectivity index (χ2n) is 3.17. The molecule has 0 amide bonds. The lowest BCUT2D eigenvalue weighted by molar-refractivity contribution is 0.0435. The van der Waals surface area contributed by atoms with E-state index in [0.717, 1.165) is 0 Å². The van der Waals surface area contributed by atoms with Crippen molar-refractivity contribution < 1.29 is 14.3 Å². The predicted molar refractivity (Wildman–Crippen MR) is 57.9 cm³/mol. The Bertz CT molecular complexity index is 437.